The Bertz CT molecular complexity index is 354. The molecule has 0 aliphatic carbocycles. The van der Waals surface area contributed by atoms with E-state index in [1.807, 2.05) is 38.4 Å². The molecule has 92 valence electrons. The summed E-state index contributed by atoms with van der Waals surface area (Å²) in [5, 5.41) is 8.83. The number of pyridine rings is 1. The lowest BCUT2D eigenvalue weighted by molar-refractivity contribution is 0.113. The number of ether oxygens (including phenoxy) is 1. The van der Waals surface area contributed by atoms with E-state index in [4.69, 9.17) is 10.00 Å². The van der Waals surface area contributed by atoms with E-state index >= 15 is 0 Å². The van der Waals surface area contributed by atoms with Crippen molar-refractivity contribution in [3.63, 3.8) is 0 Å². The molecule has 0 saturated heterocycles. The van der Waals surface area contributed by atoms with Gasteiger partial charge in [0.15, 0.2) is 0 Å². The minimum atomic E-state index is -0.273. The van der Waals surface area contributed by atoms with Gasteiger partial charge in [0.1, 0.15) is 0 Å². The number of hydrogen-bond acceptors (Lipinski definition) is 3. The molecule has 0 N–H and O–H groups in total. The number of hydrogen-bond donors (Lipinski definition) is 0. The summed E-state index contributed by atoms with van der Waals surface area (Å²) in [6.07, 6.45) is 6.44. The molecule has 1 rings (SSSR count). The number of nitriles is 1. The van der Waals surface area contributed by atoms with Crippen LogP contribution in [-0.2, 0) is 11.2 Å². The minimum absolute atomic E-state index is 0.273. The van der Waals surface area contributed by atoms with Crippen molar-refractivity contribution >= 4 is 0 Å². The van der Waals surface area contributed by atoms with Crippen molar-refractivity contribution in [3.8, 4) is 6.07 Å². The minimum Gasteiger partial charge on any atom is -0.381 e. The van der Waals surface area contributed by atoms with Crippen molar-refractivity contribution < 1.29 is 4.74 Å². The zero-order valence-corrected chi connectivity index (χ0v) is 10.6. The van der Waals surface area contributed by atoms with E-state index in [1.54, 1.807) is 0 Å². The van der Waals surface area contributed by atoms with Gasteiger partial charge in [0.25, 0.3) is 0 Å². The maximum Gasteiger partial charge on any atom is 0.0684 e. The molecule has 0 aliphatic rings. The third-order valence-electron chi connectivity index (χ3n) is 2.68. The summed E-state index contributed by atoms with van der Waals surface area (Å²) in [7, 11) is 0. The van der Waals surface area contributed by atoms with E-state index in [0.717, 1.165) is 25.9 Å². The second-order valence-corrected chi connectivity index (χ2v) is 4.82. The third-order valence-corrected chi connectivity index (χ3v) is 2.68. The first-order valence-corrected chi connectivity index (χ1v) is 6.02. The SMILES string of the molecule is CC(C)(C#N)CCOCCCc1ccncc1. The average molecular weight is 232 g/mol. The van der Waals surface area contributed by atoms with Crippen LogP contribution in [0.3, 0.4) is 0 Å². The Morgan fingerprint density at radius 3 is 2.65 bits per heavy atom. The first-order valence-electron chi connectivity index (χ1n) is 6.02. The van der Waals surface area contributed by atoms with Gasteiger partial charge in [-0.3, -0.25) is 4.98 Å². The number of aromatic nitrogens is 1. The highest BCUT2D eigenvalue weighted by atomic mass is 16.5. The van der Waals surface area contributed by atoms with Crippen molar-refractivity contribution in [1.29, 1.82) is 5.26 Å². The number of nitrogens with zero attached hydrogens (tertiary/aromatic N) is 2. The lowest BCUT2D eigenvalue weighted by Crippen LogP contribution is -2.12. The second kappa shape index (κ2) is 7.03. The van der Waals surface area contributed by atoms with Crippen LogP contribution < -0.4 is 0 Å². The highest BCUT2D eigenvalue weighted by Crippen LogP contribution is 2.18. The molecule has 0 aliphatic heterocycles. The normalized spacial score (nSPS) is 11.1. The Morgan fingerprint density at radius 1 is 1.29 bits per heavy atom. The monoisotopic (exact) mass is 232 g/mol. The molecule has 0 aromatic carbocycles. The first kappa shape index (κ1) is 13.7. The molecular weight excluding hydrogens is 212 g/mol. The van der Waals surface area contributed by atoms with Crippen LogP contribution >= 0.6 is 0 Å². The topological polar surface area (TPSA) is 45.9 Å². The third kappa shape index (κ3) is 6.03. The molecule has 1 heterocycles. The van der Waals surface area contributed by atoms with Gasteiger partial charge >= 0.3 is 0 Å². The van der Waals surface area contributed by atoms with Gasteiger partial charge in [-0.1, -0.05) is 0 Å². The van der Waals surface area contributed by atoms with Crippen LogP contribution in [0.1, 0.15) is 32.3 Å². The lowest BCUT2D eigenvalue weighted by Gasteiger charge is -2.14. The molecule has 0 amide bonds. The van der Waals surface area contributed by atoms with Crippen LogP contribution in [0.2, 0.25) is 0 Å². The van der Waals surface area contributed by atoms with Crippen molar-refractivity contribution in [1.82, 2.24) is 4.98 Å². The molecule has 0 radical (unpaired) electrons. The van der Waals surface area contributed by atoms with Gasteiger partial charge in [-0.05, 0) is 50.8 Å². The first-order chi connectivity index (χ1) is 8.14. The summed E-state index contributed by atoms with van der Waals surface area (Å²) in [4.78, 5) is 3.98. The molecule has 0 fully saturated rings. The van der Waals surface area contributed by atoms with Crippen LogP contribution in [0, 0.1) is 16.7 Å². The fourth-order valence-corrected chi connectivity index (χ4v) is 1.41. The number of rotatable bonds is 7. The summed E-state index contributed by atoms with van der Waals surface area (Å²) < 4.78 is 5.53. The largest absolute Gasteiger partial charge is 0.381 e. The summed E-state index contributed by atoms with van der Waals surface area (Å²) in [5.41, 5.74) is 1.02. The second-order valence-electron chi connectivity index (χ2n) is 4.82. The van der Waals surface area contributed by atoms with Crippen molar-refractivity contribution in [2.75, 3.05) is 13.2 Å². The van der Waals surface area contributed by atoms with Crippen LogP contribution in [0.5, 0.6) is 0 Å². The molecule has 1 aromatic rings. The molecular formula is C14H20N2O. The van der Waals surface area contributed by atoms with Gasteiger partial charge in [0.2, 0.25) is 0 Å². The Morgan fingerprint density at radius 2 is 2.00 bits per heavy atom. The average Bonchev–Trinajstić information content (AvgIpc) is 2.35. The molecule has 3 nitrogen and oxygen atoms in total. The van der Waals surface area contributed by atoms with Crippen molar-refractivity contribution in [2.45, 2.75) is 33.1 Å². The highest BCUT2D eigenvalue weighted by molar-refractivity contribution is 5.09. The Labute approximate surface area is 103 Å². The zero-order chi connectivity index (χ0) is 12.6. The van der Waals surface area contributed by atoms with E-state index in [1.165, 1.54) is 5.56 Å². The van der Waals surface area contributed by atoms with Crippen LogP contribution in [0.4, 0.5) is 0 Å². The smallest absolute Gasteiger partial charge is 0.0684 e. The summed E-state index contributed by atoms with van der Waals surface area (Å²) in [5.74, 6) is 0. The van der Waals surface area contributed by atoms with Gasteiger partial charge in [0.05, 0.1) is 11.5 Å². The van der Waals surface area contributed by atoms with E-state index in [9.17, 15) is 0 Å². The molecule has 0 bridgehead atoms. The predicted octanol–water partition coefficient (Wildman–Crippen LogP) is 2.97. The molecule has 0 atom stereocenters. The van der Waals surface area contributed by atoms with Crippen LogP contribution in [-0.4, -0.2) is 18.2 Å². The molecule has 3 heteroatoms. The maximum absolute atomic E-state index is 8.83. The molecule has 17 heavy (non-hydrogen) atoms. The quantitative estimate of drug-likeness (QED) is 0.679. The summed E-state index contributed by atoms with van der Waals surface area (Å²) in [6, 6.07) is 6.32. The molecule has 0 unspecified atom stereocenters. The Hall–Kier alpha value is -1.40. The fourth-order valence-electron chi connectivity index (χ4n) is 1.41. The maximum atomic E-state index is 8.83. The van der Waals surface area contributed by atoms with Gasteiger partial charge in [-0.15, -0.1) is 0 Å². The van der Waals surface area contributed by atoms with Gasteiger partial charge in [-0.25, -0.2) is 0 Å². The van der Waals surface area contributed by atoms with Crippen LogP contribution in [0.25, 0.3) is 0 Å². The molecule has 0 spiro atoms. The Kier molecular flexibility index (Phi) is 5.65. The van der Waals surface area contributed by atoms with Gasteiger partial charge in [-0.2, -0.15) is 5.26 Å². The van der Waals surface area contributed by atoms with Crippen molar-refractivity contribution in [3.05, 3.63) is 30.1 Å². The standard InChI is InChI=1S/C14H20N2O/c1-14(2,12-15)7-11-17-10-3-4-13-5-8-16-9-6-13/h5-6,8-9H,3-4,7,10-11H2,1-2H3. The lowest BCUT2D eigenvalue weighted by atomic mass is 9.92. The molecule has 0 saturated carbocycles. The van der Waals surface area contributed by atoms with E-state index in [-0.39, 0.29) is 5.41 Å². The van der Waals surface area contributed by atoms with Gasteiger partial charge < -0.3 is 4.74 Å². The summed E-state index contributed by atoms with van der Waals surface area (Å²) >= 11 is 0. The van der Waals surface area contributed by atoms with Crippen molar-refractivity contribution in [2.24, 2.45) is 5.41 Å². The van der Waals surface area contributed by atoms with Crippen LogP contribution in [0.15, 0.2) is 24.5 Å². The number of aryl methyl sites for hydroxylation is 1. The summed E-state index contributed by atoms with van der Waals surface area (Å²) in [6.45, 7) is 5.29. The predicted molar refractivity (Wildman–Crippen MR) is 67.4 cm³/mol. The van der Waals surface area contributed by atoms with Gasteiger partial charge in [0, 0.05) is 25.6 Å². The fraction of sp³-hybridized carbons (Fsp3) is 0.571. The van der Waals surface area contributed by atoms with E-state index in [0.29, 0.717) is 6.61 Å². The zero-order valence-electron chi connectivity index (χ0n) is 10.6. The Balaban J connectivity index is 2.04. The van der Waals surface area contributed by atoms with E-state index < -0.39 is 0 Å². The molecule has 1 aromatic heterocycles. The highest BCUT2D eigenvalue weighted by Gasteiger charge is 2.15. The van der Waals surface area contributed by atoms with E-state index in [2.05, 4.69) is 11.1 Å².